The summed E-state index contributed by atoms with van der Waals surface area (Å²) in [5.41, 5.74) is 2.71. The first-order valence-corrected chi connectivity index (χ1v) is 10.7. The summed E-state index contributed by atoms with van der Waals surface area (Å²) in [5.74, 6) is 0.616. The first-order valence-electron chi connectivity index (χ1n) is 10.7. The summed E-state index contributed by atoms with van der Waals surface area (Å²) < 4.78 is 33.5. The second-order valence-electron chi connectivity index (χ2n) is 7.76. The third kappa shape index (κ3) is 4.53. The Bertz CT molecular complexity index is 1320. The molecule has 4 aromatic rings. The highest BCUT2D eigenvalue weighted by Crippen LogP contribution is 2.26. The molecule has 10 heteroatoms. The van der Waals surface area contributed by atoms with Gasteiger partial charge in [0.15, 0.2) is 5.82 Å². The number of alkyl halides is 2. The zero-order valence-corrected chi connectivity index (χ0v) is 18.0. The third-order valence-corrected chi connectivity index (χ3v) is 5.48. The van der Waals surface area contributed by atoms with E-state index < -0.39 is 6.43 Å². The van der Waals surface area contributed by atoms with Crippen molar-refractivity contribution in [1.82, 2.24) is 24.7 Å². The number of nitrogens with zero attached hydrogens (tertiary/aromatic N) is 5. The number of rotatable bonds is 2. The van der Waals surface area contributed by atoms with Crippen molar-refractivity contribution in [2.75, 3.05) is 11.9 Å². The van der Waals surface area contributed by atoms with Crippen molar-refractivity contribution in [1.29, 1.82) is 0 Å². The van der Waals surface area contributed by atoms with E-state index in [1.165, 1.54) is 12.3 Å². The minimum atomic E-state index is -2.64. The van der Waals surface area contributed by atoms with Crippen LogP contribution in [0.25, 0.3) is 22.6 Å². The molecule has 0 unspecified atom stereocenters. The normalized spacial score (nSPS) is 14.1. The lowest BCUT2D eigenvalue weighted by Crippen LogP contribution is -2.17. The average Bonchev–Trinajstić information content (AvgIpc) is 3.32. The van der Waals surface area contributed by atoms with E-state index in [1.54, 1.807) is 42.7 Å². The molecule has 0 saturated carbocycles. The molecule has 0 radical (unpaired) electrons. The van der Waals surface area contributed by atoms with Gasteiger partial charge in [-0.2, -0.15) is 0 Å². The fraction of sp³-hybridized carbons (Fsp3) is 0.208. The maximum absolute atomic E-state index is 13.2. The minimum absolute atomic E-state index is 0.244. The van der Waals surface area contributed by atoms with Crippen molar-refractivity contribution in [3.63, 3.8) is 0 Å². The lowest BCUT2D eigenvalue weighted by Gasteiger charge is -2.14. The number of benzene rings is 1. The second-order valence-corrected chi connectivity index (χ2v) is 7.76. The molecule has 0 atom stereocenters. The maximum atomic E-state index is 13.2. The van der Waals surface area contributed by atoms with Crippen LogP contribution in [0.3, 0.4) is 0 Å². The summed E-state index contributed by atoms with van der Waals surface area (Å²) in [6.07, 6.45) is 1.11. The van der Waals surface area contributed by atoms with Gasteiger partial charge in [0.05, 0.1) is 6.61 Å². The Hall–Kier alpha value is -4.05. The molecule has 3 aromatic heterocycles. The molecule has 1 amide bonds. The van der Waals surface area contributed by atoms with Crippen molar-refractivity contribution in [3.05, 3.63) is 77.9 Å². The monoisotopic (exact) mass is 462 g/mol. The summed E-state index contributed by atoms with van der Waals surface area (Å²) in [5, 5.41) is 11.0. The van der Waals surface area contributed by atoms with Gasteiger partial charge in [-0.1, -0.05) is 24.3 Å². The van der Waals surface area contributed by atoms with Gasteiger partial charge < -0.3 is 14.6 Å². The number of fused-ring (bicyclic) bond motifs is 5. The molecule has 1 aliphatic heterocycles. The summed E-state index contributed by atoms with van der Waals surface area (Å²) in [6.45, 7) is 1.38. The fourth-order valence-electron chi connectivity index (χ4n) is 3.75. The zero-order valence-electron chi connectivity index (χ0n) is 18.0. The molecule has 8 nitrogen and oxygen atoms in total. The molecule has 1 aromatic carbocycles. The van der Waals surface area contributed by atoms with Gasteiger partial charge >= 0.3 is 0 Å². The van der Waals surface area contributed by atoms with Crippen LogP contribution in [0, 0.1) is 0 Å². The second kappa shape index (κ2) is 9.44. The van der Waals surface area contributed by atoms with Crippen LogP contribution in [0.5, 0.6) is 0 Å². The molecular formula is C24H20F2N6O2. The first kappa shape index (κ1) is 21.8. The minimum Gasteiger partial charge on any atom is -0.377 e. The standard InChI is InChI=1S/C24H20F2N6O2/c25-22(26)19-8-7-16(12-27-19)15-5-6-17-13-34-10-2-9-32-14-28-31-23(32)20-3-1-4-21(29-20)30-24(33)18(17)11-15/h1,3-8,11-12,14,22H,2,9-10,13H2,(H,29,30,33). The van der Waals surface area contributed by atoms with Crippen LogP contribution < -0.4 is 5.32 Å². The van der Waals surface area contributed by atoms with Gasteiger partial charge in [-0.3, -0.25) is 9.78 Å². The average molecular weight is 462 g/mol. The molecule has 0 spiro atoms. The van der Waals surface area contributed by atoms with Gasteiger partial charge in [0.1, 0.15) is 23.5 Å². The molecule has 0 saturated heterocycles. The van der Waals surface area contributed by atoms with Crippen molar-refractivity contribution in [2.45, 2.75) is 26.0 Å². The van der Waals surface area contributed by atoms with Gasteiger partial charge in [-0.05, 0) is 41.8 Å². The smallest absolute Gasteiger partial charge is 0.280 e. The van der Waals surface area contributed by atoms with Gasteiger partial charge in [-0.25, -0.2) is 13.8 Å². The summed E-state index contributed by atoms with van der Waals surface area (Å²) in [4.78, 5) is 21.6. The van der Waals surface area contributed by atoms with E-state index in [1.807, 2.05) is 10.6 Å². The lowest BCUT2D eigenvalue weighted by molar-refractivity contribution is 0.1000. The summed E-state index contributed by atoms with van der Waals surface area (Å²) in [7, 11) is 0. The Morgan fingerprint density at radius 3 is 2.79 bits per heavy atom. The third-order valence-electron chi connectivity index (χ3n) is 5.48. The van der Waals surface area contributed by atoms with Crippen LogP contribution in [0.2, 0.25) is 0 Å². The lowest BCUT2D eigenvalue weighted by atomic mass is 9.99. The number of anilines is 1. The Balaban J connectivity index is 1.51. The Kier molecular flexibility index (Phi) is 6.05. The van der Waals surface area contributed by atoms with Gasteiger partial charge in [0, 0.05) is 30.5 Å². The van der Waals surface area contributed by atoms with E-state index in [9.17, 15) is 13.6 Å². The number of hydrogen-bond acceptors (Lipinski definition) is 6. The summed E-state index contributed by atoms with van der Waals surface area (Å²) in [6, 6.07) is 13.5. The van der Waals surface area contributed by atoms with E-state index in [0.29, 0.717) is 52.7 Å². The van der Waals surface area contributed by atoms with E-state index in [-0.39, 0.29) is 18.2 Å². The molecule has 0 fully saturated rings. The molecule has 1 N–H and O–H groups in total. The summed E-state index contributed by atoms with van der Waals surface area (Å²) >= 11 is 0. The molecular weight excluding hydrogens is 442 g/mol. The van der Waals surface area contributed by atoms with Crippen LogP contribution >= 0.6 is 0 Å². The number of carbonyl (C=O) groups is 1. The number of pyridine rings is 2. The van der Waals surface area contributed by atoms with E-state index in [0.717, 1.165) is 6.42 Å². The fourth-order valence-corrected chi connectivity index (χ4v) is 3.75. The number of amides is 1. The molecule has 2 bridgehead atoms. The number of ether oxygens (including phenoxy) is 1. The van der Waals surface area contributed by atoms with Crippen molar-refractivity contribution >= 4 is 11.7 Å². The predicted octanol–water partition coefficient (Wildman–Crippen LogP) is 4.51. The largest absolute Gasteiger partial charge is 0.377 e. The van der Waals surface area contributed by atoms with Crippen molar-refractivity contribution < 1.29 is 18.3 Å². The van der Waals surface area contributed by atoms with Gasteiger partial charge in [-0.15, -0.1) is 10.2 Å². The van der Waals surface area contributed by atoms with E-state index >= 15 is 0 Å². The molecule has 0 aliphatic carbocycles. The molecule has 1 aliphatic rings. The highest BCUT2D eigenvalue weighted by molar-refractivity contribution is 6.05. The van der Waals surface area contributed by atoms with Crippen LogP contribution in [0.4, 0.5) is 14.6 Å². The quantitative estimate of drug-likeness (QED) is 0.471. The zero-order chi connectivity index (χ0) is 23.5. The van der Waals surface area contributed by atoms with Crippen molar-refractivity contribution in [3.8, 4) is 22.6 Å². The SMILES string of the molecule is O=C1Nc2cccc(n2)-c2nncn2CCCOCc2ccc(-c3ccc(C(F)F)nc3)cc21. The maximum Gasteiger partial charge on any atom is 0.280 e. The topological polar surface area (TPSA) is 94.8 Å². The number of halogens is 2. The first-order chi connectivity index (χ1) is 16.6. The van der Waals surface area contributed by atoms with Gasteiger partial charge in [0.2, 0.25) is 0 Å². The number of carbonyl (C=O) groups excluding carboxylic acids is 1. The molecule has 5 rings (SSSR count). The Morgan fingerprint density at radius 2 is 1.97 bits per heavy atom. The van der Waals surface area contributed by atoms with Crippen LogP contribution in [-0.2, 0) is 17.9 Å². The van der Waals surface area contributed by atoms with E-state index in [4.69, 9.17) is 4.74 Å². The van der Waals surface area contributed by atoms with Crippen LogP contribution in [0.1, 0.15) is 34.5 Å². The van der Waals surface area contributed by atoms with Crippen molar-refractivity contribution in [2.24, 2.45) is 0 Å². The Labute approximate surface area is 193 Å². The number of hydrogen-bond donors (Lipinski definition) is 1. The van der Waals surface area contributed by atoms with Crippen LogP contribution in [0.15, 0.2) is 61.1 Å². The molecule has 34 heavy (non-hydrogen) atoms. The van der Waals surface area contributed by atoms with Crippen LogP contribution in [-0.4, -0.2) is 37.2 Å². The number of aryl methyl sites for hydroxylation is 1. The highest BCUT2D eigenvalue weighted by Gasteiger charge is 2.17. The highest BCUT2D eigenvalue weighted by atomic mass is 19.3. The number of nitrogens with one attached hydrogen (secondary N) is 1. The molecule has 172 valence electrons. The van der Waals surface area contributed by atoms with E-state index in [2.05, 4.69) is 25.5 Å². The molecule has 4 heterocycles. The number of aromatic nitrogens is 5. The Morgan fingerprint density at radius 1 is 1.09 bits per heavy atom. The van der Waals surface area contributed by atoms with Gasteiger partial charge in [0.25, 0.3) is 12.3 Å². The predicted molar refractivity (Wildman–Crippen MR) is 120 cm³/mol.